The SMILES string of the molecule is Cc1ccnc(-c2cc(CCCC(=O)O)ccn2)c1.[Ru+].c1ccc(-c2ccccn2)nc1.c1ccc(-c2ccccn2)nc1. The van der Waals surface area contributed by atoms with Gasteiger partial charge in [-0.15, -0.1) is 0 Å². The van der Waals surface area contributed by atoms with Crippen molar-refractivity contribution in [1.29, 1.82) is 0 Å². The number of aromatic nitrogens is 6. The third-order valence-corrected chi connectivity index (χ3v) is 6.04. The van der Waals surface area contributed by atoms with Crippen LogP contribution in [0.1, 0.15) is 24.0 Å². The maximum atomic E-state index is 10.5. The molecular formula is C35H32N6O2Ru+. The summed E-state index contributed by atoms with van der Waals surface area (Å²) in [4.78, 5) is 35.9. The van der Waals surface area contributed by atoms with Crippen LogP contribution in [0.5, 0.6) is 0 Å². The van der Waals surface area contributed by atoms with E-state index in [-0.39, 0.29) is 25.9 Å². The molecule has 0 aromatic carbocycles. The quantitative estimate of drug-likeness (QED) is 0.178. The van der Waals surface area contributed by atoms with Gasteiger partial charge >= 0.3 is 25.4 Å². The minimum absolute atomic E-state index is 0. The van der Waals surface area contributed by atoms with Gasteiger partial charge in [-0.25, -0.2) is 0 Å². The predicted octanol–water partition coefficient (Wildman–Crippen LogP) is 7.14. The van der Waals surface area contributed by atoms with Gasteiger partial charge in [0.1, 0.15) is 0 Å². The third kappa shape index (κ3) is 11.3. The van der Waals surface area contributed by atoms with Gasteiger partial charge in [0.15, 0.2) is 0 Å². The van der Waals surface area contributed by atoms with Crippen molar-refractivity contribution in [1.82, 2.24) is 29.9 Å². The van der Waals surface area contributed by atoms with Gasteiger partial charge in [0.05, 0.1) is 34.2 Å². The van der Waals surface area contributed by atoms with E-state index in [4.69, 9.17) is 5.11 Å². The van der Waals surface area contributed by atoms with Crippen LogP contribution in [0.2, 0.25) is 0 Å². The second-order valence-electron chi connectivity index (χ2n) is 9.37. The number of aliphatic carboxylic acids is 1. The zero-order valence-electron chi connectivity index (χ0n) is 24.2. The molecule has 0 saturated carbocycles. The van der Waals surface area contributed by atoms with Gasteiger partial charge < -0.3 is 5.11 Å². The van der Waals surface area contributed by atoms with E-state index in [2.05, 4.69) is 29.9 Å². The van der Waals surface area contributed by atoms with E-state index in [1.165, 1.54) is 0 Å². The molecule has 0 aliphatic carbocycles. The first kappa shape index (κ1) is 33.5. The van der Waals surface area contributed by atoms with Crippen LogP contribution in [0.15, 0.2) is 134 Å². The van der Waals surface area contributed by atoms with Crippen molar-refractivity contribution < 1.29 is 29.4 Å². The minimum atomic E-state index is -0.755. The van der Waals surface area contributed by atoms with Crippen LogP contribution in [-0.4, -0.2) is 41.0 Å². The fraction of sp³-hybridized carbons (Fsp3) is 0.114. The molecule has 0 aliphatic heterocycles. The van der Waals surface area contributed by atoms with Crippen molar-refractivity contribution in [3.05, 3.63) is 145 Å². The Hall–Kier alpha value is -5.01. The fourth-order valence-electron chi connectivity index (χ4n) is 3.95. The smallest absolute Gasteiger partial charge is 0.481 e. The Kier molecular flexibility index (Phi) is 14.1. The van der Waals surface area contributed by atoms with Gasteiger partial charge in [0.2, 0.25) is 0 Å². The molecule has 0 amide bonds. The Labute approximate surface area is 270 Å². The number of carboxylic acid groups (broad SMARTS) is 1. The predicted molar refractivity (Wildman–Crippen MR) is 168 cm³/mol. The molecule has 6 heterocycles. The van der Waals surface area contributed by atoms with Crippen molar-refractivity contribution in [2.75, 3.05) is 0 Å². The Morgan fingerprint density at radius 1 is 0.545 bits per heavy atom. The molecule has 1 radical (unpaired) electrons. The summed E-state index contributed by atoms with van der Waals surface area (Å²) in [5, 5.41) is 8.63. The monoisotopic (exact) mass is 670 g/mol. The van der Waals surface area contributed by atoms with Crippen LogP contribution in [0.4, 0.5) is 0 Å². The van der Waals surface area contributed by atoms with Crippen molar-refractivity contribution in [3.8, 4) is 34.2 Å². The molecule has 0 atom stereocenters. The van der Waals surface area contributed by atoms with Gasteiger partial charge in [-0.3, -0.25) is 34.7 Å². The number of pyridine rings is 6. The molecule has 0 fully saturated rings. The first-order chi connectivity index (χ1) is 21.1. The van der Waals surface area contributed by atoms with Crippen molar-refractivity contribution in [2.45, 2.75) is 26.2 Å². The summed E-state index contributed by atoms with van der Waals surface area (Å²) >= 11 is 0. The van der Waals surface area contributed by atoms with E-state index in [9.17, 15) is 4.79 Å². The number of aryl methyl sites for hydroxylation is 2. The van der Waals surface area contributed by atoms with Gasteiger partial charge in [0, 0.05) is 43.6 Å². The average Bonchev–Trinajstić information content (AvgIpc) is 3.07. The van der Waals surface area contributed by atoms with E-state index in [1.54, 1.807) is 37.2 Å². The third-order valence-electron chi connectivity index (χ3n) is 6.04. The van der Waals surface area contributed by atoms with Crippen molar-refractivity contribution in [2.24, 2.45) is 0 Å². The van der Waals surface area contributed by atoms with E-state index in [0.717, 1.165) is 51.7 Å². The summed E-state index contributed by atoms with van der Waals surface area (Å²) in [5.74, 6) is -0.755. The topological polar surface area (TPSA) is 115 Å². The first-order valence-electron chi connectivity index (χ1n) is 13.8. The molecule has 6 rings (SSSR count). The zero-order valence-corrected chi connectivity index (χ0v) is 26.0. The van der Waals surface area contributed by atoms with Gasteiger partial charge in [-0.1, -0.05) is 24.3 Å². The molecule has 9 heteroatoms. The van der Waals surface area contributed by atoms with E-state index < -0.39 is 5.97 Å². The van der Waals surface area contributed by atoms with Crippen LogP contribution < -0.4 is 0 Å². The summed E-state index contributed by atoms with van der Waals surface area (Å²) in [7, 11) is 0. The maximum Gasteiger partial charge on any atom is 1.00 e. The first-order valence-corrected chi connectivity index (χ1v) is 13.8. The van der Waals surface area contributed by atoms with Crippen LogP contribution >= 0.6 is 0 Å². The van der Waals surface area contributed by atoms with E-state index in [1.807, 2.05) is 104 Å². The molecule has 0 saturated heterocycles. The summed E-state index contributed by atoms with van der Waals surface area (Å²) < 4.78 is 0. The van der Waals surface area contributed by atoms with Crippen LogP contribution in [0.3, 0.4) is 0 Å². The molecule has 0 unspecified atom stereocenters. The number of hydrogen-bond donors (Lipinski definition) is 1. The van der Waals surface area contributed by atoms with E-state index in [0.29, 0.717) is 6.42 Å². The molecule has 6 aromatic heterocycles. The van der Waals surface area contributed by atoms with Gasteiger partial charge in [0.25, 0.3) is 0 Å². The molecule has 0 aliphatic rings. The fourth-order valence-corrected chi connectivity index (χ4v) is 3.95. The molecule has 0 bridgehead atoms. The van der Waals surface area contributed by atoms with Crippen molar-refractivity contribution >= 4 is 5.97 Å². The number of rotatable bonds is 7. The molecule has 6 aromatic rings. The largest absolute Gasteiger partial charge is 1.00 e. The molecular weight excluding hydrogens is 637 g/mol. The molecule has 1 N–H and O–H groups in total. The van der Waals surface area contributed by atoms with Crippen LogP contribution in [-0.2, 0) is 30.7 Å². The van der Waals surface area contributed by atoms with Crippen molar-refractivity contribution in [3.63, 3.8) is 0 Å². The number of hydrogen-bond acceptors (Lipinski definition) is 7. The summed E-state index contributed by atoms with van der Waals surface area (Å²) in [6.07, 6.45) is 12.2. The Balaban J connectivity index is 0.000000185. The Bertz CT molecular complexity index is 1530. The number of carboxylic acids is 1. The van der Waals surface area contributed by atoms with E-state index >= 15 is 0 Å². The number of carbonyl (C=O) groups is 1. The maximum absolute atomic E-state index is 10.5. The second kappa shape index (κ2) is 18.5. The standard InChI is InChI=1S/C15H16N2O2.2C10H8N2.Ru/c1-11-5-7-16-13(9-11)14-10-12(6-8-17-14)3-2-4-15(18)19;2*1-3-7-11-9(5-1)10-6-2-4-8-12-10;/h5-10H,2-4H2,1H3,(H,18,19);2*1-8H;/q;;;+1. The van der Waals surface area contributed by atoms with Gasteiger partial charge in [-0.2, -0.15) is 0 Å². The van der Waals surface area contributed by atoms with Crippen LogP contribution in [0.25, 0.3) is 34.2 Å². The summed E-state index contributed by atoms with van der Waals surface area (Å²) in [6.45, 7) is 2.02. The summed E-state index contributed by atoms with van der Waals surface area (Å²) in [5.41, 5.74) is 7.57. The molecule has 221 valence electrons. The molecule has 8 nitrogen and oxygen atoms in total. The summed E-state index contributed by atoms with van der Waals surface area (Å²) in [6, 6.07) is 31.0. The Morgan fingerprint density at radius 3 is 1.34 bits per heavy atom. The normalized spacial score (nSPS) is 9.75. The second-order valence-corrected chi connectivity index (χ2v) is 9.37. The molecule has 44 heavy (non-hydrogen) atoms. The minimum Gasteiger partial charge on any atom is -0.481 e. The molecule has 0 spiro atoms. The Morgan fingerprint density at radius 2 is 0.955 bits per heavy atom. The zero-order chi connectivity index (χ0) is 30.1. The van der Waals surface area contributed by atoms with Crippen LogP contribution in [0, 0.1) is 6.92 Å². The number of nitrogens with zero attached hydrogens (tertiary/aromatic N) is 6. The van der Waals surface area contributed by atoms with Gasteiger partial charge in [-0.05, 0) is 104 Å². The average molecular weight is 670 g/mol.